The number of aliphatic hydroxyl groups excluding tert-OH is 1. The standard InChI is InChI=1S/C16H23NO3/c1-16(2,3)20-15(19)17-10-13(9-14(17)11-18)12-7-5-4-6-8-12/h4-8,13-14,18H,9-11H2,1-3H3. The van der Waals surface area contributed by atoms with Crippen molar-refractivity contribution in [2.45, 2.75) is 44.8 Å². The fourth-order valence-corrected chi connectivity index (χ4v) is 2.60. The van der Waals surface area contributed by atoms with E-state index in [4.69, 9.17) is 4.74 Å². The summed E-state index contributed by atoms with van der Waals surface area (Å²) in [7, 11) is 0. The molecular weight excluding hydrogens is 254 g/mol. The number of ether oxygens (including phenoxy) is 1. The van der Waals surface area contributed by atoms with Gasteiger partial charge in [-0.1, -0.05) is 30.3 Å². The van der Waals surface area contributed by atoms with Crippen LogP contribution in [0.5, 0.6) is 0 Å². The Morgan fingerprint density at radius 1 is 1.35 bits per heavy atom. The van der Waals surface area contributed by atoms with Crippen LogP contribution in [-0.4, -0.2) is 40.9 Å². The van der Waals surface area contributed by atoms with Crippen LogP contribution in [0.1, 0.15) is 38.7 Å². The van der Waals surface area contributed by atoms with E-state index < -0.39 is 5.60 Å². The molecule has 1 saturated heterocycles. The van der Waals surface area contributed by atoms with Gasteiger partial charge in [0.1, 0.15) is 5.60 Å². The van der Waals surface area contributed by atoms with Gasteiger partial charge in [-0.25, -0.2) is 4.79 Å². The fourth-order valence-electron chi connectivity index (χ4n) is 2.60. The smallest absolute Gasteiger partial charge is 0.410 e. The minimum absolute atomic E-state index is 0.0252. The molecule has 2 atom stereocenters. The SMILES string of the molecule is CC(C)(C)OC(=O)N1CC(c2ccccc2)CC1CO. The van der Waals surface area contributed by atoms with E-state index in [2.05, 4.69) is 12.1 Å². The van der Waals surface area contributed by atoms with E-state index in [0.717, 1.165) is 6.42 Å². The van der Waals surface area contributed by atoms with E-state index in [0.29, 0.717) is 6.54 Å². The molecule has 4 heteroatoms. The van der Waals surface area contributed by atoms with Crippen LogP contribution in [0.2, 0.25) is 0 Å². The van der Waals surface area contributed by atoms with Gasteiger partial charge in [0.2, 0.25) is 0 Å². The van der Waals surface area contributed by atoms with Gasteiger partial charge in [-0.2, -0.15) is 0 Å². The first-order chi connectivity index (χ1) is 9.40. The summed E-state index contributed by atoms with van der Waals surface area (Å²) in [6.45, 7) is 6.13. The topological polar surface area (TPSA) is 49.8 Å². The lowest BCUT2D eigenvalue weighted by molar-refractivity contribution is 0.0174. The van der Waals surface area contributed by atoms with Crippen LogP contribution in [0.4, 0.5) is 4.79 Å². The Morgan fingerprint density at radius 3 is 2.55 bits per heavy atom. The maximum Gasteiger partial charge on any atom is 0.410 e. The Hall–Kier alpha value is -1.55. The van der Waals surface area contributed by atoms with Gasteiger partial charge in [0, 0.05) is 12.5 Å². The van der Waals surface area contributed by atoms with E-state index in [1.54, 1.807) is 4.90 Å². The van der Waals surface area contributed by atoms with Crippen LogP contribution in [0.25, 0.3) is 0 Å². The third kappa shape index (κ3) is 3.51. The highest BCUT2D eigenvalue weighted by atomic mass is 16.6. The number of likely N-dealkylation sites (tertiary alicyclic amines) is 1. The normalized spacial score (nSPS) is 22.9. The average Bonchev–Trinajstić information content (AvgIpc) is 2.82. The molecule has 0 saturated carbocycles. The summed E-state index contributed by atoms with van der Waals surface area (Å²) in [5, 5.41) is 9.50. The highest BCUT2D eigenvalue weighted by molar-refractivity contribution is 5.69. The van der Waals surface area contributed by atoms with Gasteiger partial charge in [0.15, 0.2) is 0 Å². The Kier molecular flexibility index (Phi) is 4.33. The molecule has 0 bridgehead atoms. The third-order valence-corrected chi connectivity index (χ3v) is 3.52. The lowest BCUT2D eigenvalue weighted by atomic mass is 9.97. The summed E-state index contributed by atoms with van der Waals surface area (Å²) >= 11 is 0. The maximum absolute atomic E-state index is 12.2. The molecular formula is C16H23NO3. The molecule has 1 fully saturated rings. The quantitative estimate of drug-likeness (QED) is 0.904. The molecule has 4 nitrogen and oxygen atoms in total. The molecule has 20 heavy (non-hydrogen) atoms. The molecule has 1 N–H and O–H groups in total. The van der Waals surface area contributed by atoms with Crippen LogP contribution in [0.3, 0.4) is 0 Å². The zero-order valence-corrected chi connectivity index (χ0v) is 12.4. The zero-order valence-electron chi connectivity index (χ0n) is 12.4. The van der Waals surface area contributed by atoms with Crippen molar-refractivity contribution < 1.29 is 14.6 Å². The highest BCUT2D eigenvalue weighted by Gasteiger charge is 2.37. The first-order valence-corrected chi connectivity index (χ1v) is 7.06. The number of rotatable bonds is 2. The van der Waals surface area contributed by atoms with Gasteiger partial charge < -0.3 is 14.7 Å². The Bertz CT molecular complexity index is 453. The van der Waals surface area contributed by atoms with Crippen molar-refractivity contribution in [2.75, 3.05) is 13.2 Å². The number of carbonyl (C=O) groups excluding carboxylic acids is 1. The van der Waals surface area contributed by atoms with Crippen LogP contribution in [0, 0.1) is 0 Å². The summed E-state index contributed by atoms with van der Waals surface area (Å²) in [5.41, 5.74) is 0.694. The van der Waals surface area contributed by atoms with Crippen molar-refractivity contribution in [3.05, 3.63) is 35.9 Å². The number of hydrogen-bond acceptors (Lipinski definition) is 3. The van der Waals surface area contributed by atoms with E-state index in [1.165, 1.54) is 5.56 Å². The summed E-state index contributed by atoms with van der Waals surface area (Å²) in [4.78, 5) is 13.9. The Morgan fingerprint density at radius 2 is 2.00 bits per heavy atom. The largest absolute Gasteiger partial charge is 0.444 e. The number of amides is 1. The number of carbonyl (C=O) groups is 1. The zero-order chi connectivity index (χ0) is 14.8. The third-order valence-electron chi connectivity index (χ3n) is 3.52. The molecule has 0 aromatic heterocycles. The number of aliphatic hydroxyl groups is 1. The molecule has 0 aliphatic carbocycles. The molecule has 1 aromatic carbocycles. The predicted molar refractivity (Wildman–Crippen MR) is 77.6 cm³/mol. The van der Waals surface area contributed by atoms with Gasteiger partial charge >= 0.3 is 6.09 Å². The molecule has 1 aliphatic heterocycles. The van der Waals surface area contributed by atoms with Gasteiger partial charge in [0.25, 0.3) is 0 Å². The van der Waals surface area contributed by atoms with Crippen LogP contribution < -0.4 is 0 Å². The van der Waals surface area contributed by atoms with Crippen LogP contribution in [-0.2, 0) is 4.74 Å². The number of benzene rings is 1. The van der Waals surface area contributed by atoms with Crippen molar-refractivity contribution in [1.29, 1.82) is 0 Å². The van der Waals surface area contributed by atoms with E-state index in [-0.39, 0.29) is 24.7 Å². The monoisotopic (exact) mass is 277 g/mol. The van der Waals surface area contributed by atoms with Gasteiger partial charge in [0.05, 0.1) is 12.6 Å². The van der Waals surface area contributed by atoms with Crippen molar-refractivity contribution in [2.24, 2.45) is 0 Å². The summed E-state index contributed by atoms with van der Waals surface area (Å²) in [5.74, 6) is 0.265. The molecule has 0 radical (unpaired) electrons. The summed E-state index contributed by atoms with van der Waals surface area (Å²) < 4.78 is 5.41. The van der Waals surface area contributed by atoms with Gasteiger partial charge in [-0.05, 0) is 32.8 Å². The van der Waals surface area contributed by atoms with Crippen molar-refractivity contribution in [1.82, 2.24) is 4.90 Å². The molecule has 0 spiro atoms. The number of nitrogens with zero attached hydrogens (tertiary/aromatic N) is 1. The van der Waals surface area contributed by atoms with Gasteiger partial charge in [-0.15, -0.1) is 0 Å². The molecule has 2 unspecified atom stereocenters. The second kappa shape index (κ2) is 5.83. The summed E-state index contributed by atoms with van der Waals surface area (Å²) in [6, 6.07) is 9.96. The van der Waals surface area contributed by atoms with Crippen LogP contribution in [0.15, 0.2) is 30.3 Å². The molecule has 2 rings (SSSR count). The Balaban J connectivity index is 2.09. The molecule has 110 valence electrons. The van der Waals surface area contributed by atoms with Crippen molar-refractivity contribution >= 4 is 6.09 Å². The maximum atomic E-state index is 12.2. The van der Waals surface area contributed by atoms with E-state index in [1.807, 2.05) is 39.0 Å². The average molecular weight is 277 g/mol. The second-order valence-corrected chi connectivity index (χ2v) is 6.31. The van der Waals surface area contributed by atoms with Gasteiger partial charge in [-0.3, -0.25) is 0 Å². The first kappa shape index (κ1) is 14.9. The van der Waals surface area contributed by atoms with Crippen LogP contribution >= 0.6 is 0 Å². The highest BCUT2D eigenvalue weighted by Crippen LogP contribution is 2.32. The van der Waals surface area contributed by atoms with Crippen molar-refractivity contribution in [3.8, 4) is 0 Å². The minimum atomic E-state index is -0.512. The molecule has 1 aromatic rings. The molecule has 1 amide bonds. The lowest BCUT2D eigenvalue weighted by Gasteiger charge is -2.27. The van der Waals surface area contributed by atoms with Crippen molar-refractivity contribution in [3.63, 3.8) is 0 Å². The lowest BCUT2D eigenvalue weighted by Crippen LogP contribution is -2.41. The fraction of sp³-hybridized carbons (Fsp3) is 0.562. The first-order valence-electron chi connectivity index (χ1n) is 7.06. The Labute approximate surface area is 120 Å². The van der Waals surface area contributed by atoms with E-state index in [9.17, 15) is 9.90 Å². The number of hydrogen-bond donors (Lipinski definition) is 1. The summed E-state index contributed by atoms with van der Waals surface area (Å²) in [6.07, 6.45) is 0.440. The molecule has 1 aliphatic rings. The second-order valence-electron chi connectivity index (χ2n) is 6.31. The predicted octanol–water partition coefficient (Wildman–Crippen LogP) is 2.77. The van der Waals surface area contributed by atoms with E-state index >= 15 is 0 Å². The minimum Gasteiger partial charge on any atom is -0.444 e. The molecule has 1 heterocycles.